The van der Waals surface area contributed by atoms with Crippen LogP contribution in [0.5, 0.6) is 0 Å². The van der Waals surface area contributed by atoms with E-state index in [-0.39, 0.29) is 23.5 Å². The fraction of sp³-hybridized carbons (Fsp3) is 0.611. The third-order valence-corrected chi connectivity index (χ3v) is 4.39. The Hall–Kier alpha value is -1.77. The number of rotatable bonds is 2. The van der Waals surface area contributed by atoms with Gasteiger partial charge in [0, 0.05) is 12.5 Å². The number of hydrogen-bond donors (Lipinski definition) is 2. The minimum Gasteiger partial charge on any atom is -0.443 e. The van der Waals surface area contributed by atoms with E-state index in [2.05, 4.69) is 11.8 Å². The number of carbonyl (C=O) groups is 1. The van der Waals surface area contributed by atoms with E-state index in [1.807, 2.05) is 20.8 Å². The Balaban J connectivity index is 2.13. The van der Waals surface area contributed by atoms with Gasteiger partial charge in [-0.15, -0.1) is 0 Å². The number of β-amino-alcohol motifs (C(OH)–C–C–N with tert-alkyl or cyclic N) is 1. The van der Waals surface area contributed by atoms with E-state index in [1.165, 1.54) is 0 Å². The minimum atomic E-state index is -1.12. The summed E-state index contributed by atoms with van der Waals surface area (Å²) in [6.45, 7) is 9.83. The summed E-state index contributed by atoms with van der Waals surface area (Å²) in [5, 5.41) is 20.3. The summed E-state index contributed by atoms with van der Waals surface area (Å²) in [6, 6.07) is 3.19. The Kier molecular flexibility index (Phi) is 4.61. The molecule has 1 aliphatic heterocycles. The predicted octanol–water partition coefficient (Wildman–Crippen LogP) is 1.88. The molecule has 126 valence electrons. The van der Waals surface area contributed by atoms with Crippen LogP contribution >= 0.6 is 0 Å². The molecular weight excluding hydrogens is 294 g/mol. The Labute approximate surface area is 137 Å². The van der Waals surface area contributed by atoms with Crippen LogP contribution in [0.25, 0.3) is 0 Å². The number of furan rings is 1. The van der Waals surface area contributed by atoms with Crippen LogP contribution in [0.4, 0.5) is 0 Å². The maximum absolute atomic E-state index is 12.5. The molecule has 23 heavy (non-hydrogen) atoms. The summed E-state index contributed by atoms with van der Waals surface area (Å²) in [4.78, 5) is 14.2. The van der Waals surface area contributed by atoms with Gasteiger partial charge < -0.3 is 19.5 Å². The molecule has 0 radical (unpaired) electrons. The Morgan fingerprint density at radius 2 is 2.13 bits per heavy atom. The van der Waals surface area contributed by atoms with E-state index < -0.39 is 11.2 Å². The zero-order valence-corrected chi connectivity index (χ0v) is 14.4. The van der Waals surface area contributed by atoms with Crippen LogP contribution in [0.1, 0.15) is 50.9 Å². The van der Waals surface area contributed by atoms with E-state index in [0.717, 1.165) is 0 Å². The first kappa shape index (κ1) is 17.6. The molecule has 0 aromatic carbocycles. The highest BCUT2D eigenvalue weighted by atomic mass is 16.4. The van der Waals surface area contributed by atoms with Crippen LogP contribution in [0, 0.1) is 23.7 Å². The van der Waals surface area contributed by atoms with Crippen molar-refractivity contribution in [3.63, 3.8) is 0 Å². The Morgan fingerprint density at radius 1 is 1.48 bits per heavy atom. The van der Waals surface area contributed by atoms with Gasteiger partial charge in [0.15, 0.2) is 11.5 Å². The van der Waals surface area contributed by atoms with E-state index in [9.17, 15) is 15.0 Å². The van der Waals surface area contributed by atoms with Gasteiger partial charge in [-0.1, -0.05) is 26.7 Å². The molecule has 1 aliphatic rings. The molecule has 0 spiro atoms. The van der Waals surface area contributed by atoms with Crippen molar-refractivity contribution in [1.29, 1.82) is 0 Å². The molecule has 1 saturated heterocycles. The van der Waals surface area contributed by atoms with Gasteiger partial charge in [0.2, 0.25) is 0 Å². The third-order valence-electron chi connectivity index (χ3n) is 4.39. The summed E-state index contributed by atoms with van der Waals surface area (Å²) in [5.74, 6) is 5.72. The van der Waals surface area contributed by atoms with Crippen molar-refractivity contribution >= 4 is 5.91 Å². The quantitative estimate of drug-likeness (QED) is 0.816. The van der Waals surface area contributed by atoms with Crippen molar-refractivity contribution < 1.29 is 19.4 Å². The van der Waals surface area contributed by atoms with Crippen molar-refractivity contribution in [2.45, 2.75) is 45.8 Å². The second-order valence-electron chi connectivity index (χ2n) is 7.21. The predicted molar refractivity (Wildman–Crippen MR) is 86.7 cm³/mol. The van der Waals surface area contributed by atoms with Crippen LogP contribution in [0.15, 0.2) is 16.5 Å². The van der Waals surface area contributed by atoms with Crippen molar-refractivity contribution in [3.05, 3.63) is 23.7 Å². The molecule has 0 saturated carbocycles. The lowest BCUT2D eigenvalue weighted by molar-refractivity contribution is -0.0245. The summed E-state index contributed by atoms with van der Waals surface area (Å²) < 4.78 is 5.46. The zero-order valence-electron chi connectivity index (χ0n) is 14.4. The van der Waals surface area contributed by atoms with E-state index in [0.29, 0.717) is 18.8 Å². The summed E-state index contributed by atoms with van der Waals surface area (Å²) in [6.07, 6.45) is 0. The van der Waals surface area contributed by atoms with Crippen molar-refractivity contribution in [3.8, 4) is 11.8 Å². The molecule has 5 heteroatoms. The maximum atomic E-state index is 12.5. The third kappa shape index (κ3) is 3.77. The number of hydrogen-bond acceptors (Lipinski definition) is 4. The highest BCUT2D eigenvalue weighted by molar-refractivity contribution is 5.92. The molecule has 0 unspecified atom stereocenters. The molecule has 1 aromatic rings. The lowest BCUT2D eigenvalue weighted by Gasteiger charge is -2.30. The first-order chi connectivity index (χ1) is 10.5. The highest BCUT2D eigenvalue weighted by Crippen LogP contribution is 2.34. The van der Waals surface area contributed by atoms with Gasteiger partial charge in [0.25, 0.3) is 5.91 Å². The van der Waals surface area contributed by atoms with Gasteiger partial charge in [-0.05, 0) is 37.8 Å². The van der Waals surface area contributed by atoms with Crippen LogP contribution in [0.2, 0.25) is 0 Å². The fourth-order valence-electron chi connectivity index (χ4n) is 2.81. The average molecular weight is 319 g/mol. The standard InChI is InChI=1S/C18H25NO4/c1-12(2)18(22)11-19(10-13(18)3)16(20)15-7-6-14(23-15)8-9-17(4,5)21/h6-7,12-13,21-22H,10-11H2,1-5H3/t13-,18-/m0/s1. The highest BCUT2D eigenvalue weighted by Gasteiger charge is 2.46. The number of amides is 1. The van der Waals surface area contributed by atoms with Crippen LogP contribution in [0.3, 0.4) is 0 Å². The van der Waals surface area contributed by atoms with Crippen LogP contribution < -0.4 is 0 Å². The molecule has 1 aromatic heterocycles. The first-order valence-electron chi connectivity index (χ1n) is 7.90. The van der Waals surface area contributed by atoms with Crippen molar-refractivity contribution in [1.82, 2.24) is 4.90 Å². The zero-order chi connectivity index (χ0) is 17.4. The van der Waals surface area contributed by atoms with Crippen LogP contribution in [-0.2, 0) is 0 Å². The lowest BCUT2D eigenvalue weighted by atomic mass is 9.82. The lowest BCUT2D eigenvalue weighted by Crippen LogP contribution is -2.43. The van der Waals surface area contributed by atoms with Gasteiger partial charge >= 0.3 is 0 Å². The summed E-state index contributed by atoms with van der Waals surface area (Å²) in [7, 11) is 0. The average Bonchev–Trinajstić information content (AvgIpc) is 3.01. The van der Waals surface area contributed by atoms with E-state index in [1.54, 1.807) is 30.9 Å². The van der Waals surface area contributed by atoms with Crippen molar-refractivity contribution in [2.24, 2.45) is 11.8 Å². The number of aliphatic hydroxyl groups is 2. The molecule has 2 heterocycles. The van der Waals surface area contributed by atoms with Gasteiger partial charge in [0.05, 0.1) is 12.1 Å². The van der Waals surface area contributed by atoms with Gasteiger partial charge in [-0.3, -0.25) is 4.79 Å². The van der Waals surface area contributed by atoms with Gasteiger partial charge in [0.1, 0.15) is 5.60 Å². The monoisotopic (exact) mass is 319 g/mol. The van der Waals surface area contributed by atoms with Crippen molar-refractivity contribution in [2.75, 3.05) is 13.1 Å². The van der Waals surface area contributed by atoms with Gasteiger partial charge in [-0.25, -0.2) is 0 Å². The SMILES string of the molecule is CC(C)[C@@]1(O)CN(C(=O)c2ccc(C#CC(C)(C)O)o2)C[C@@H]1C. The molecule has 1 fully saturated rings. The fourth-order valence-corrected chi connectivity index (χ4v) is 2.81. The van der Waals surface area contributed by atoms with E-state index >= 15 is 0 Å². The smallest absolute Gasteiger partial charge is 0.289 e. The topological polar surface area (TPSA) is 73.9 Å². The molecule has 0 aliphatic carbocycles. The van der Waals surface area contributed by atoms with Crippen LogP contribution in [-0.4, -0.2) is 45.3 Å². The number of likely N-dealkylation sites (tertiary alicyclic amines) is 1. The molecule has 2 atom stereocenters. The number of carbonyl (C=O) groups excluding carboxylic acids is 1. The summed E-state index contributed by atoms with van der Waals surface area (Å²) >= 11 is 0. The van der Waals surface area contributed by atoms with Gasteiger partial charge in [-0.2, -0.15) is 0 Å². The molecular formula is C18H25NO4. The maximum Gasteiger partial charge on any atom is 0.289 e. The summed E-state index contributed by atoms with van der Waals surface area (Å²) in [5.41, 5.74) is -1.99. The second-order valence-corrected chi connectivity index (χ2v) is 7.21. The normalized spacial score (nSPS) is 24.7. The molecule has 2 N–H and O–H groups in total. The second kappa shape index (κ2) is 6.03. The largest absolute Gasteiger partial charge is 0.443 e. The minimum absolute atomic E-state index is 0.0101. The molecule has 2 rings (SSSR count). The Bertz CT molecular complexity index is 644. The van der Waals surface area contributed by atoms with E-state index in [4.69, 9.17) is 4.42 Å². The molecule has 5 nitrogen and oxygen atoms in total. The molecule has 1 amide bonds. The number of nitrogens with zero attached hydrogens (tertiary/aromatic N) is 1. The first-order valence-corrected chi connectivity index (χ1v) is 7.90. The Morgan fingerprint density at radius 3 is 2.65 bits per heavy atom. The molecule has 0 bridgehead atoms.